The molecule has 1 aliphatic rings. The summed E-state index contributed by atoms with van der Waals surface area (Å²) in [4.78, 5) is 13.1. The van der Waals surface area contributed by atoms with Crippen LogP contribution in [0.25, 0.3) is 0 Å². The van der Waals surface area contributed by atoms with Crippen LogP contribution < -0.4 is 4.90 Å². The zero-order chi connectivity index (χ0) is 15.0. The van der Waals surface area contributed by atoms with E-state index < -0.39 is 17.3 Å². The van der Waals surface area contributed by atoms with E-state index in [1.807, 2.05) is 0 Å². The van der Waals surface area contributed by atoms with Crippen LogP contribution in [0.1, 0.15) is 12.5 Å². The van der Waals surface area contributed by atoms with Crippen molar-refractivity contribution in [2.75, 3.05) is 24.7 Å². The Labute approximate surface area is 113 Å². The van der Waals surface area contributed by atoms with Crippen LogP contribution in [0.3, 0.4) is 0 Å². The second-order valence-electron chi connectivity index (χ2n) is 4.92. The maximum absolute atomic E-state index is 12.5. The first-order chi connectivity index (χ1) is 9.25. The van der Waals surface area contributed by atoms with Crippen LogP contribution in [0.2, 0.25) is 0 Å². The topological polar surface area (TPSA) is 49.8 Å². The molecule has 0 aliphatic carbocycles. The lowest BCUT2D eigenvalue weighted by Crippen LogP contribution is -2.55. The van der Waals surface area contributed by atoms with Gasteiger partial charge in [-0.05, 0) is 31.2 Å². The van der Waals surface area contributed by atoms with Gasteiger partial charge in [-0.15, -0.1) is 0 Å². The molecule has 1 fully saturated rings. The minimum Gasteiger partial charge on any atom is -0.393 e. The summed E-state index contributed by atoms with van der Waals surface area (Å²) in [6.45, 7) is 1.24. The Morgan fingerprint density at radius 3 is 2.45 bits per heavy atom. The van der Waals surface area contributed by atoms with Gasteiger partial charge in [-0.3, -0.25) is 4.79 Å². The molecule has 1 unspecified atom stereocenters. The van der Waals surface area contributed by atoms with E-state index in [-0.39, 0.29) is 25.7 Å². The summed E-state index contributed by atoms with van der Waals surface area (Å²) in [6, 6.07) is 4.33. The van der Waals surface area contributed by atoms with Crippen molar-refractivity contribution in [3.05, 3.63) is 29.8 Å². The van der Waals surface area contributed by atoms with Gasteiger partial charge >= 0.3 is 6.18 Å². The summed E-state index contributed by atoms with van der Waals surface area (Å²) in [5.41, 5.74) is -1.32. The van der Waals surface area contributed by atoms with Crippen LogP contribution in [-0.4, -0.2) is 36.4 Å². The molecule has 1 aromatic carbocycles. The van der Waals surface area contributed by atoms with Crippen molar-refractivity contribution in [3.63, 3.8) is 0 Å². The van der Waals surface area contributed by atoms with Gasteiger partial charge in [-0.2, -0.15) is 13.2 Å². The molecule has 110 valence electrons. The van der Waals surface area contributed by atoms with Crippen molar-refractivity contribution in [3.8, 4) is 0 Å². The molecule has 2 rings (SSSR count). The Kier molecular flexibility index (Phi) is 3.75. The maximum Gasteiger partial charge on any atom is 0.416 e. The van der Waals surface area contributed by atoms with E-state index >= 15 is 0 Å². The molecular weight excluding hydrogens is 275 g/mol. The molecule has 0 spiro atoms. The van der Waals surface area contributed by atoms with Crippen molar-refractivity contribution in [2.45, 2.75) is 18.7 Å². The summed E-state index contributed by atoms with van der Waals surface area (Å²) in [5.74, 6) is -0.351. The maximum atomic E-state index is 12.5. The van der Waals surface area contributed by atoms with Crippen LogP contribution in [-0.2, 0) is 15.7 Å². The molecule has 0 saturated carbocycles. The van der Waals surface area contributed by atoms with Gasteiger partial charge in [-0.25, -0.2) is 0 Å². The first-order valence-electron chi connectivity index (χ1n) is 5.98. The number of nitrogens with zero attached hydrogens (tertiary/aromatic N) is 1. The number of alkyl halides is 3. The number of ether oxygens (including phenoxy) is 1. The average Bonchev–Trinajstić information content (AvgIpc) is 2.41. The molecule has 4 nitrogen and oxygen atoms in total. The molecule has 1 heterocycles. The Bertz CT molecular complexity index is 501. The Hall–Kier alpha value is -1.60. The highest BCUT2D eigenvalue weighted by atomic mass is 19.4. The molecule has 7 heteroatoms. The van der Waals surface area contributed by atoms with Gasteiger partial charge in [0, 0.05) is 5.69 Å². The first-order valence-corrected chi connectivity index (χ1v) is 5.98. The normalized spacial score (nSPS) is 24.1. The molecule has 1 N–H and O–H groups in total. The molecule has 1 atom stereocenters. The number of benzene rings is 1. The number of hydrogen-bond acceptors (Lipinski definition) is 3. The fourth-order valence-corrected chi connectivity index (χ4v) is 1.94. The van der Waals surface area contributed by atoms with Crippen molar-refractivity contribution in [2.24, 2.45) is 0 Å². The van der Waals surface area contributed by atoms with E-state index in [0.29, 0.717) is 5.69 Å². The number of morpholine rings is 1. The third kappa shape index (κ3) is 2.94. The van der Waals surface area contributed by atoms with E-state index in [1.54, 1.807) is 6.92 Å². The monoisotopic (exact) mass is 289 g/mol. The minimum absolute atomic E-state index is 0.0910. The summed E-state index contributed by atoms with van der Waals surface area (Å²) >= 11 is 0. The lowest BCUT2D eigenvalue weighted by Gasteiger charge is -2.39. The predicted molar refractivity (Wildman–Crippen MR) is 65.2 cm³/mol. The number of hydrogen-bond donors (Lipinski definition) is 1. The number of carbonyl (C=O) groups is 1. The van der Waals surface area contributed by atoms with E-state index in [0.717, 1.165) is 12.1 Å². The SMILES string of the molecule is CC1(CO)CN(c2ccc(C(F)(F)F)cc2)C(=O)CO1. The highest BCUT2D eigenvalue weighted by molar-refractivity contribution is 5.95. The Morgan fingerprint density at radius 1 is 1.35 bits per heavy atom. The zero-order valence-corrected chi connectivity index (χ0v) is 10.8. The van der Waals surface area contributed by atoms with Crippen LogP contribution in [0, 0.1) is 0 Å². The molecule has 1 aliphatic heterocycles. The fourth-order valence-electron chi connectivity index (χ4n) is 1.94. The molecule has 20 heavy (non-hydrogen) atoms. The second-order valence-corrected chi connectivity index (χ2v) is 4.92. The average molecular weight is 289 g/mol. The van der Waals surface area contributed by atoms with Gasteiger partial charge in [0.2, 0.25) is 0 Å². The van der Waals surface area contributed by atoms with Gasteiger partial charge in [0.25, 0.3) is 5.91 Å². The van der Waals surface area contributed by atoms with Crippen LogP contribution in [0.4, 0.5) is 18.9 Å². The number of carbonyl (C=O) groups excluding carboxylic acids is 1. The van der Waals surface area contributed by atoms with Crippen molar-refractivity contribution >= 4 is 11.6 Å². The highest BCUT2D eigenvalue weighted by Crippen LogP contribution is 2.31. The van der Waals surface area contributed by atoms with E-state index in [9.17, 15) is 23.1 Å². The second kappa shape index (κ2) is 5.06. The van der Waals surface area contributed by atoms with Gasteiger partial charge in [0.15, 0.2) is 0 Å². The minimum atomic E-state index is -4.41. The third-order valence-corrected chi connectivity index (χ3v) is 3.18. The van der Waals surface area contributed by atoms with E-state index in [4.69, 9.17) is 4.74 Å². The van der Waals surface area contributed by atoms with E-state index in [1.165, 1.54) is 17.0 Å². The summed E-state index contributed by atoms with van der Waals surface area (Å²) in [7, 11) is 0. The molecule has 1 saturated heterocycles. The molecule has 1 amide bonds. The quantitative estimate of drug-likeness (QED) is 0.903. The molecule has 0 radical (unpaired) electrons. The predicted octanol–water partition coefficient (Wildman–Crippen LogP) is 1.82. The van der Waals surface area contributed by atoms with Crippen molar-refractivity contribution in [1.29, 1.82) is 0 Å². The van der Waals surface area contributed by atoms with Crippen LogP contribution >= 0.6 is 0 Å². The van der Waals surface area contributed by atoms with Gasteiger partial charge in [0.1, 0.15) is 12.2 Å². The number of aliphatic hydroxyl groups is 1. The summed E-state index contributed by atoms with van der Waals surface area (Å²) in [6.07, 6.45) is -4.41. The number of halogens is 3. The van der Waals surface area contributed by atoms with Gasteiger partial charge in [0.05, 0.1) is 18.7 Å². The molecule has 0 aromatic heterocycles. The first kappa shape index (κ1) is 14.8. The van der Waals surface area contributed by atoms with Crippen LogP contribution in [0.15, 0.2) is 24.3 Å². The van der Waals surface area contributed by atoms with Gasteiger partial charge in [-0.1, -0.05) is 0 Å². The fraction of sp³-hybridized carbons (Fsp3) is 0.462. The summed E-state index contributed by atoms with van der Waals surface area (Å²) < 4.78 is 42.7. The third-order valence-electron chi connectivity index (χ3n) is 3.18. The lowest BCUT2D eigenvalue weighted by atomic mass is 10.0. The number of aliphatic hydroxyl groups excluding tert-OH is 1. The number of amides is 1. The molecular formula is C13H14F3NO3. The highest BCUT2D eigenvalue weighted by Gasteiger charge is 2.36. The zero-order valence-electron chi connectivity index (χ0n) is 10.8. The van der Waals surface area contributed by atoms with Crippen molar-refractivity contribution in [1.82, 2.24) is 0 Å². The van der Waals surface area contributed by atoms with E-state index in [2.05, 4.69) is 0 Å². The molecule has 0 bridgehead atoms. The Morgan fingerprint density at radius 2 is 1.95 bits per heavy atom. The summed E-state index contributed by atoms with van der Waals surface area (Å²) in [5, 5.41) is 9.24. The largest absolute Gasteiger partial charge is 0.416 e. The standard InChI is InChI=1S/C13H14F3NO3/c1-12(8-18)7-17(11(19)6-20-12)10-4-2-9(3-5-10)13(14,15)16/h2-5,18H,6-8H2,1H3. The number of anilines is 1. The Balaban J connectivity index is 2.24. The molecule has 1 aromatic rings. The van der Waals surface area contributed by atoms with Gasteiger partial charge < -0.3 is 14.7 Å². The van der Waals surface area contributed by atoms with Crippen molar-refractivity contribution < 1.29 is 27.8 Å². The lowest BCUT2D eigenvalue weighted by molar-refractivity contribution is -0.141. The number of rotatable bonds is 2. The smallest absolute Gasteiger partial charge is 0.393 e. The van der Waals surface area contributed by atoms with Crippen LogP contribution in [0.5, 0.6) is 0 Å².